The molecule has 2 heteroatoms. The molecule has 112 valence electrons. The van der Waals surface area contributed by atoms with Crippen LogP contribution in [0.3, 0.4) is 0 Å². The smallest absolute Gasteiger partial charge is 0.0138 e. The Morgan fingerprint density at radius 3 is 2.32 bits per heavy atom. The molecule has 2 fully saturated rings. The highest BCUT2D eigenvalue weighted by molar-refractivity contribution is 4.96. The van der Waals surface area contributed by atoms with Gasteiger partial charge in [0.1, 0.15) is 0 Å². The van der Waals surface area contributed by atoms with Gasteiger partial charge >= 0.3 is 0 Å². The van der Waals surface area contributed by atoms with Crippen LogP contribution in [0.25, 0.3) is 0 Å². The summed E-state index contributed by atoms with van der Waals surface area (Å²) < 4.78 is 0. The van der Waals surface area contributed by atoms with Gasteiger partial charge in [-0.15, -0.1) is 0 Å². The Bertz CT molecular complexity index is 285. The third-order valence-corrected chi connectivity index (χ3v) is 5.68. The largest absolute Gasteiger partial charge is 0.330 e. The first kappa shape index (κ1) is 15.3. The van der Waals surface area contributed by atoms with E-state index in [4.69, 9.17) is 5.73 Å². The lowest BCUT2D eigenvalue weighted by molar-refractivity contribution is 0.0543. The highest BCUT2D eigenvalue weighted by Gasteiger charge is 2.42. The Hall–Kier alpha value is -0.0800. The summed E-state index contributed by atoms with van der Waals surface area (Å²) in [5, 5.41) is 0. The van der Waals surface area contributed by atoms with E-state index in [-0.39, 0.29) is 0 Å². The molecule has 2 saturated carbocycles. The van der Waals surface area contributed by atoms with Gasteiger partial charge in [-0.25, -0.2) is 0 Å². The molecule has 2 rings (SSSR count). The molecule has 0 heterocycles. The Balaban J connectivity index is 2.10. The quantitative estimate of drug-likeness (QED) is 0.841. The maximum atomic E-state index is 6.05. The lowest BCUT2D eigenvalue weighted by atomic mass is 9.82. The van der Waals surface area contributed by atoms with Crippen LogP contribution in [0.1, 0.15) is 66.2 Å². The first-order valence-corrected chi connectivity index (χ1v) is 8.44. The highest BCUT2D eigenvalue weighted by atomic mass is 15.2. The van der Waals surface area contributed by atoms with Gasteiger partial charge in [0.25, 0.3) is 0 Å². The van der Waals surface area contributed by atoms with Gasteiger partial charge in [-0.3, -0.25) is 4.90 Å². The van der Waals surface area contributed by atoms with Crippen molar-refractivity contribution in [2.75, 3.05) is 13.1 Å². The fourth-order valence-electron chi connectivity index (χ4n) is 4.92. The van der Waals surface area contributed by atoms with Crippen LogP contribution in [-0.4, -0.2) is 30.1 Å². The van der Waals surface area contributed by atoms with Crippen LogP contribution in [0, 0.1) is 17.3 Å². The van der Waals surface area contributed by atoms with Gasteiger partial charge in [-0.1, -0.05) is 40.5 Å². The monoisotopic (exact) mass is 266 g/mol. The number of nitrogens with two attached hydrogens (primary N) is 1. The van der Waals surface area contributed by atoms with E-state index in [1.54, 1.807) is 0 Å². The predicted molar refractivity (Wildman–Crippen MR) is 83.1 cm³/mol. The Morgan fingerprint density at radius 2 is 1.79 bits per heavy atom. The van der Waals surface area contributed by atoms with Crippen molar-refractivity contribution >= 4 is 0 Å². The van der Waals surface area contributed by atoms with Crippen LogP contribution in [-0.2, 0) is 0 Å². The van der Waals surface area contributed by atoms with E-state index in [2.05, 4.69) is 32.6 Å². The fourth-order valence-corrected chi connectivity index (χ4v) is 4.92. The van der Waals surface area contributed by atoms with Crippen LogP contribution in [0.4, 0.5) is 0 Å². The van der Waals surface area contributed by atoms with Crippen molar-refractivity contribution in [2.24, 2.45) is 23.0 Å². The molecule has 0 bridgehead atoms. The van der Waals surface area contributed by atoms with Crippen LogP contribution in [0.15, 0.2) is 0 Å². The second-order valence-electron chi connectivity index (χ2n) is 7.80. The minimum absolute atomic E-state index is 0.532. The van der Waals surface area contributed by atoms with Crippen LogP contribution in [0.5, 0.6) is 0 Å². The molecule has 0 spiro atoms. The maximum absolute atomic E-state index is 6.05. The van der Waals surface area contributed by atoms with Gasteiger partial charge in [-0.2, -0.15) is 0 Å². The fraction of sp³-hybridized carbons (Fsp3) is 1.00. The molecule has 2 N–H and O–H groups in total. The van der Waals surface area contributed by atoms with Crippen LogP contribution < -0.4 is 5.73 Å². The zero-order chi connectivity index (χ0) is 14.0. The molecule has 0 radical (unpaired) electrons. The normalized spacial score (nSPS) is 38.8. The molecule has 2 aliphatic carbocycles. The van der Waals surface area contributed by atoms with Crippen molar-refractivity contribution in [1.82, 2.24) is 4.90 Å². The van der Waals surface area contributed by atoms with E-state index in [0.717, 1.165) is 30.5 Å². The molecule has 0 amide bonds. The Labute approximate surface area is 120 Å². The van der Waals surface area contributed by atoms with Crippen molar-refractivity contribution in [3.05, 3.63) is 0 Å². The van der Waals surface area contributed by atoms with Gasteiger partial charge < -0.3 is 5.73 Å². The second kappa shape index (κ2) is 6.13. The minimum Gasteiger partial charge on any atom is -0.330 e. The summed E-state index contributed by atoms with van der Waals surface area (Å²) in [6.45, 7) is 11.8. The lowest BCUT2D eigenvalue weighted by Gasteiger charge is -2.44. The molecule has 2 nitrogen and oxygen atoms in total. The molecule has 19 heavy (non-hydrogen) atoms. The molecule has 0 aromatic rings. The van der Waals surface area contributed by atoms with Gasteiger partial charge in [-0.05, 0) is 56.0 Å². The maximum Gasteiger partial charge on any atom is 0.0138 e. The summed E-state index contributed by atoms with van der Waals surface area (Å²) >= 11 is 0. The average molecular weight is 266 g/mol. The molecule has 2 aliphatic rings. The number of rotatable bonds is 4. The molecule has 4 unspecified atom stereocenters. The topological polar surface area (TPSA) is 29.3 Å². The standard InChI is InChI=1S/C17H34N2/c1-5-19(15-9-7-6-8-14(15)12-18)16-11-17(3,4)10-13(16)2/h13-16H,5-12,18H2,1-4H3. The summed E-state index contributed by atoms with van der Waals surface area (Å²) in [6, 6.07) is 1.54. The zero-order valence-corrected chi connectivity index (χ0v) is 13.5. The predicted octanol–water partition coefficient (Wildman–Crippen LogP) is 3.65. The van der Waals surface area contributed by atoms with Gasteiger partial charge in [0.15, 0.2) is 0 Å². The van der Waals surface area contributed by atoms with Crippen molar-refractivity contribution in [3.8, 4) is 0 Å². The SMILES string of the molecule is CCN(C1CC(C)(C)CC1C)C1CCCCC1CN. The first-order chi connectivity index (χ1) is 8.98. The summed E-state index contributed by atoms with van der Waals surface area (Å²) in [5.41, 5.74) is 6.58. The number of nitrogens with zero attached hydrogens (tertiary/aromatic N) is 1. The Morgan fingerprint density at radius 1 is 1.11 bits per heavy atom. The van der Waals surface area contributed by atoms with Crippen molar-refractivity contribution in [1.29, 1.82) is 0 Å². The number of hydrogen-bond donors (Lipinski definition) is 1. The van der Waals surface area contributed by atoms with E-state index in [0.29, 0.717) is 5.41 Å². The van der Waals surface area contributed by atoms with E-state index in [1.807, 2.05) is 0 Å². The zero-order valence-electron chi connectivity index (χ0n) is 13.5. The van der Waals surface area contributed by atoms with Crippen molar-refractivity contribution in [2.45, 2.75) is 78.3 Å². The van der Waals surface area contributed by atoms with Crippen LogP contribution in [0.2, 0.25) is 0 Å². The van der Waals surface area contributed by atoms with Crippen molar-refractivity contribution in [3.63, 3.8) is 0 Å². The van der Waals surface area contributed by atoms with Gasteiger partial charge in [0.2, 0.25) is 0 Å². The van der Waals surface area contributed by atoms with Crippen molar-refractivity contribution < 1.29 is 0 Å². The molecular formula is C17H34N2. The van der Waals surface area contributed by atoms with E-state index >= 15 is 0 Å². The highest BCUT2D eigenvalue weighted by Crippen LogP contribution is 2.45. The molecule has 0 aromatic carbocycles. The Kier molecular flexibility index (Phi) is 4.94. The molecule has 0 aromatic heterocycles. The summed E-state index contributed by atoms with van der Waals surface area (Å²) in [5.74, 6) is 1.58. The molecule has 0 aliphatic heterocycles. The summed E-state index contributed by atoms with van der Waals surface area (Å²) in [6.07, 6.45) is 8.27. The average Bonchev–Trinajstić information content (AvgIpc) is 2.64. The molecular weight excluding hydrogens is 232 g/mol. The van der Waals surface area contributed by atoms with E-state index < -0.39 is 0 Å². The van der Waals surface area contributed by atoms with E-state index in [9.17, 15) is 0 Å². The van der Waals surface area contributed by atoms with Crippen LogP contribution >= 0.6 is 0 Å². The second-order valence-corrected chi connectivity index (χ2v) is 7.80. The summed E-state index contributed by atoms with van der Waals surface area (Å²) in [4.78, 5) is 2.83. The van der Waals surface area contributed by atoms with E-state index in [1.165, 1.54) is 45.1 Å². The first-order valence-electron chi connectivity index (χ1n) is 8.44. The molecule has 4 atom stereocenters. The third kappa shape index (κ3) is 3.33. The third-order valence-electron chi connectivity index (χ3n) is 5.68. The minimum atomic E-state index is 0.532. The molecule has 0 saturated heterocycles. The number of hydrogen-bond acceptors (Lipinski definition) is 2. The van der Waals surface area contributed by atoms with Gasteiger partial charge in [0, 0.05) is 12.1 Å². The van der Waals surface area contributed by atoms with Gasteiger partial charge in [0.05, 0.1) is 0 Å². The summed E-state index contributed by atoms with van der Waals surface area (Å²) in [7, 11) is 0. The lowest BCUT2D eigenvalue weighted by Crippen LogP contribution is -2.50.